The van der Waals surface area contributed by atoms with E-state index in [2.05, 4.69) is 15.0 Å². The van der Waals surface area contributed by atoms with Crippen LogP contribution in [0.4, 0.5) is 0 Å². The van der Waals surface area contributed by atoms with Gasteiger partial charge in [0, 0.05) is 50.6 Å². The second-order valence-corrected chi connectivity index (χ2v) is 7.07. The van der Waals surface area contributed by atoms with Crippen molar-refractivity contribution in [3.05, 3.63) is 36.2 Å². The van der Waals surface area contributed by atoms with Gasteiger partial charge >= 0.3 is 0 Å². The SMILES string of the molecule is Cn1ccnc1CN1CCC2(COCCN(C(=O)c3ccno3)C2)C1. The Morgan fingerprint density at radius 3 is 3.00 bits per heavy atom. The van der Waals surface area contributed by atoms with Gasteiger partial charge < -0.3 is 18.7 Å². The quantitative estimate of drug-likeness (QED) is 0.818. The molecule has 0 radical (unpaired) electrons. The zero-order chi connectivity index (χ0) is 17.3. The summed E-state index contributed by atoms with van der Waals surface area (Å²) in [6.07, 6.45) is 6.31. The molecule has 1 unspecified atom stereocenters. The van der Waals surface area contributed by atoms with E-state index < -0.39 is 0 Å². The van der Waals surface area contributed by atoms with Crippen molar-refractivity contribution in [3.8, 4) is 0 Å². The fourth-order valence-corrected chi connectivity index (χ4v) is 3.81. The van der Waals surface area contributed by atoms with Crippen LogP contribution < -0.4 is 0 Å². The zero-order valence-corrected chi connectivity index (χ0v) is 14.4. The largest absolute Gasteiger partial charge is 0.379 e. The molecule has 2 aliphatic heterocycles. The maximum absolute atomic E-state index is 12.6. The summed E-state index contributed by atoms with van der Waals surface area (Å²) in [6, 6.07) is 1.61. The van der Waals surface area contributed by atoms with Crippen LogP contribution in [0.5, 0.6) is 0 Å². The van der Waals surface area contributed by atoms with E-state index in [4.69, 9.17) is 9.26 Å². The third-order valence-electron chi connectivity index (χ3n) is 5.18. The summed E-state index contributed by atoms with van der Waals surface area (Å²) >= 11 is 0. The number of aryl methyl sites for hydroxylation is 1. The summed E-state index contributed by atoms with van der Waals surface area (Å²) in [4.78, 5) is 21.3. The number of amides is 1. The zero-order valence-electron chi connectivity index (χ0n) is 14.4. The molecular formula is C17H23N5O3. The number of hydrogen-bond donors (Lipinski definition) is 0. The Hall–Kier alpha value is -2.19. The maximum Gasteiger partial charge on any atom is 0.292 e. The number of carbonyl (C=O) groups is 1. The lowest BCUT2D eigenvalue weighted by Gasteiger charge is -2.31. The predicted molar refractivity (Wildman–Crippen MR) is 88.8 cm³/mol. The Morgan fingerprint density at radius 1 is 1.32 bits per heavy atom. The molecule has 0 aromatic carbocycles. The Kier molecular flexibility index (Phi) is 4.30. The Morgan fingerprint density at radius 2 is 2.24 bits per heavy atom. The topological polar surface area (TPSA) is 76.6 Å². The first kappa shape index (κ1) is 16.3. The molecule has 2 saturated heterocycles. The molecule has 1 atom stereocenters. The minimum absolute atomic E-state index is 0.0304. The molecule has 134 valence electrons. The van der Waals surface area contributed by atoms with Gasteiger partial charge in [0.15, 0.2) is 0 Å². The average Bonchev–Trinajstić information content (AvgIpc) is 3.31. The molecule has 0 saturated carbocycles. The second-order valence-electron chi connectivity index (χ2n) is 7.07. The van der Waals surface area contributed by atoms with Gasteiger partial charge in [-0.1, -0.05) is 5.16 Å². The van der Waals surface area contributed by atoms with Crippen LogP contribution in [0.25, 0.3) is 0 Å². The third kappa shape index (κ3) is 3.32. The summed E-state index contributed by atoms with van der Waals surface area (Å²) in [5.74, 6) is 1.24. The molecule has 8 heteroatoms. The van der Waals surface area contributed by atoms with E-state index in [9.17, 15) is 4.79 Å². The number of imidazole rings is 1. The molecule has 4 rings (SSSR count). The highest BCUT2D eigenvalue weighted by Crippen LogP contribution is 2.34. The Bertz CT molecular complexity index is 728. The molecule has 2 aliphatic rings. The van der Waals surface area contributed by atoms with Crippen LogP contribution in [0.1, 0.15) is 22.8 Å². The summed E-state index contributed by atoms with van der Waals surface area (Å²) in [5.41, 5.74) is -0.0304. The van der Waals surface area contributed by atoms with Gasteiger partial charge in [0.25, 0.3) is 5.91 Å². The van der Waals surface area contributed by atoms with E-state index in [-0.39, 0.29) is 11.3 Å². The van der Waals surface area contributed by atoms with Gasteiger partial charge in [-0.25, -0.2) is 4.98 Å². The van der Waals surface area contributed by atoms with Crippen molar-refractivity contribution in [2.24, 2.45) is 12.5 Å². The minimum Gasteiger partial charge on any atom is -0.379 e. The van der Waals surface area contributed by atoms with Gasteiger partial charge in [-0.05, 0) is 13.0 Å². The molecule has 25 heavy (non-hydrogen) atoms. The highest BCUT2D eigenvalue weighted by atomic mass is 16.5. The van der Waals surface area contributed by atoms with Crippen molar-refractivity contribution in [3.63, 3.8) is 0 Å². The molecule has 1 spiro atoms. The van der Waals surface area contributed by atoms with E-state index in [0.717, 1.165) is 31.9 Å². The van der Waals surface area contributed by atoms with Crippen LogP contribution in [0.2, 0.25) is 0 Å². The summed E-state index contributed by atoms with van der Waals surface area (Å²) in [6.45, 7) is 5.22. The first-order valence-corrected chi connectivity index (χ1v) is 8.62. The molecular weight excluding hydrogens is 322 g/mol. The van der Waals surface area contributed by atoms with E-state index in [1.807, 2.05) is 28.9 Å². The standard InChI is InChI=1S/C17H23N5O3/c1-20-7-5-18-15(20)10-21-6-3-17(11-21)12-22(8-9-24-13-17)16(23)14-2-4-19-25-14/h2,4-5,7H,3,6,8-13H2,1H3. The molecule has 8 nitrogen and oxygen atoms in total. The first-order valence-electron chi connectivity index (χ1n) is 8.62. The second kappa shape index (κ2) is 6.61. The first-order chi connectivity index (χ1) is 12.2. The normalized spacial score (nSPS) is 24.8. The Labute approximate surface area is 146 Å². The number of carbonyl (C=O) groups excluding carboxylic acids is 1. The van der Waals surface area contributed by atoms with Gasteiger partial charge in [0.1, 0.15) is 5.82 Å². The lowest BCUT2D eigenvalue weighted by Crippen LogP contribution is -2.43. The molecule has 1 amide bonds. The van der Waals surface area contributed by atoms with Crippen LogP contribution in [-0.2, 0) is 18.3 Å². The van der Waals surface area contributed by atoms with E-state index in [1.165, 1.54) is 6.20 Å². The van der Waals surface area contributed by atoms with Crippen LogP contribution in [0, 0.1) is 5.41 Å². The van der Waals surface area contributed by atoms with Crippen molar-refractivity contribution >= 4 is 5.91 Å². The lowest BCUT2D eigenvalue weighted by atomic mass is 9.87. The highest BCUT2D eigenvalue weighted by molar-refractivity contribution is 5.91. The smallest absolute Gasteiger partial charge is 0.292 e. The predicted octanol–water partition coefficient (Wildman–Crippen LogP) is 0.773. The van der Waals surface area contributed by atoms with Crippen molar-refractivity contribution in [2.45, 2.75) is 13.0 Å². The van der Waals surface area contributed by atoms with Crippen LogP contribution in [0.15, 0.2) is 29.2 Å². The number of likely N-dealkylation sites (tertiary alicyclic amines) is 1. The molecule has 0 bridgehead atoms. The van der Waals surface area contributed by atoms with Gasteiger partial charge in [0.05, 0.1) is 26.0 Å². The number of hydrogen-bond acceptors (Lipinski definition) is 6. The summed E-state index contributed by atoms with van der Waals surface area (Å²) < 4.78 is 12.9. The summed E-state index contributed by atoms with van der Waals surface area (Å²) in [7, 11) is 2.01. The van der Waals surface area contributed by atoms with Crippen LogP contribution in [-0.4, -0.2) is 69.8 Å². The van der Waals surface area contributed by atoms with Crippen molar-refractivity contribution in [2.75, 3.05) is 39.4 Å². The fourth-order valence-electron chi connectivity index (χ4n) is 3.81. The van der Waals surface area contributed by atoms with Gasteiger partial charge in [-0.15, -0.1) is 0 Å². The average molecular weight is 345 g/mol. The number of rotatable bonds is 3. The van der Waals surface area contributed by atoms with Crippen LogP contribution >= 0.6 is 0 Å². The summed E-state index contributed by atoms with van der Waals surface area (Å²) in [5, 5.41) is 3.64. The van der Waals surface area contributed by atoms with E-state index in [0.29, 0.717) is 32.1 Å². The number of aromatic nitrogens is 3. The monoisotopic (exact) mass is 345 g/mol. The van der Waals surface area contributed by atoms with E-state index in [1.54, 1.807) is 6.07 Å². The van der Waals surface area contributed by atoms with E-state index >= 15 is 0 Å². The number of nitrogens with zero attached hydrogens (tertiary/aromatic N) is 5. The highest BCUT2D eigenvalue weighted by Gasteiger charge is 2.42. The van der Waals surface area contributed by atoms with Gasteiger partial charge in [0.2, 0.25) is 5.76 Å². The molecule has 4 heterocycles. The van der Waals surface area contributed by atoms with Crippen molar-refractivity contribution < 1.29 is 14.1 Å². The molecule has 0 aliphatic carbocycles. The lowest BCUT2D eigenvalue weighted by molar-refractivity contribution is 0.0617. The van der Waals surface area contributed by atoms with Gasteiger partial charge in [-0.2, -0.15) is 0 Å². The van der Waals surface area contributed by atoms with Crippen LogP contribution in [0.3, 0.4) is 0 Å². The molecule has 2 fully saturated rings. The van der Waals surface area contributed by atoms with Crippen molar-refractivity contribution in [1.29, 1.82) is 0 Å². The third-order valence-corrected chi connectivity index (χ3v) is 5.18. The van der Waals surface area contributed by atoms with Gasteiger partial charge in [-0.3, -0.25) is 9.69 Å². The van der Waals surface area contributed by atoms with Crippen molar-refractivity contribution in [1.82, 2.24) is 24.5 Å². The minimum atomic E-state index is -0.107. The molecule has 0 N–H and O–H groups in total. The molecule has 2 aromatic heterocycles. The fraction of sp³-hybridized carbons (Fsp3) is 0.588. The number of ether oxygens (including phenoxy) is 1. The molecule has 2 aromatic rings. The maximum atomic E-state index is 12.6. The Balaban J connectivity index is 1.45.